The summed E-state index contributed by atoms with van der Waals surface area (Å²) in [6.07, 6.45) is 13.4. The Kier molecular flexibility index (Phi) is 7.65. The number of nitrogens with zero attached hydrogens (tertiary/aromatic N) is 1. The first kappa shape index (κ1) is 19.9. The van der Waals surface area contributed by atoms with Crippen LogP contribution in [0.2, 0.25) is 0 Å². The predicted octanol–water partition coefficient (Wildman–Crippen LogP) is 3.58. The Labute approximate surface area is 144 Å². The number of oxazole rings is 1. The average Bonchev–Trinajstić information content (AvgIpc) is 2.95. The zero-order valence-corrected chi connectivity index (χ0v) is 15.2. The molecule has 0 spiro atoms. The third-order valence-electron chi connectivity index (χ3n) is 3.35. The van der Waals surface area contributed by atoms with Gasteiger partial charge in [-0.05, 0) is 34.6 Å². The second-order valence-corrected chi connectivity index (χ2v) is 6.61. The molecule has 1 heterocycles. The molecule has 1 atom stereocenters. The van der Waals surface area contributed by atoms with E-state index in [2.05, 4.69) is 4.98 Å². The number of hydrogen-bond donors (Lipinski definition) is 1. The minimum atomic E-state index is -0.659. The standard InChI is InChI=1S/C19H28N2O3/c1-14(2)24-16(10-17-12-21-13-23-17)9-7-6-8-15(3)11-19(4,5)18(20)22/h6-9,11-14,16H,10H2,1-5H3,(H2,20,22)/b8-6+,9-7+,15-11+. The second-order valence-electron chi connectivity index (χ2n) is 6.61. The second kappa shape index (κ2) is 9.23. The average molecular weight is 332 g/mol. The number of rotatable bonds is 9. The maximum atomic E-state index is 11.3. The summed E-state index contributed by atoms with van der Waals surface area (Å²) in [5, 5.41) is 0. The largest absolute Gasteiger partial charge is 0.448 e. The molecule has 0 aromatic carbocycles. The molecule has 5 heteroatoms. The van der Waals surface area contributed by atoms with Gasteiger partial charge in [0, 0.05) is 6.42 Å². The topological polar surface area (TPSA) is 78.3 Å². The van der Waals surface area contributed by atoms with Crippen molar-refractivity contribution in [3.05, 3.63) is 54.3 Å². The van der Waals surface area contributed by atoms with Crippen LogP contribution in [0.1, 0.15) is 40.4 Å². The van der Waals surface area contributed by atoms with Gasteiger partial charge in [-0.2, -0.15) is 0 Å². The van der Waals surface area contributed by atoms with Gasteiger partial charge in [-0.1, -0.05) is 36.0 Å². The molecule has 0 aliphatic heterocycles. The van der Waals surface area contributed by atoms with Crippen molar-refractivity contribution >= 4 is 5.91 Å². The lowest BCUT2D eigenvalue weighted by Crippen LogP contribution is -2.29. The first-order valence-electron chi connectivity index (χ1n) is 8.07. The first-order valence-corrected chi connectivity index (χ1v) is 8.07. The molecular formula is C19H28N2O3. The number of aromatic nitrogens is 1. The van der Waals surface area contributed by atoms with Crippen molar-refractivity contribution in [3.63, 3.8) is 0 Å². The van der Waals surface area contributed by atoms with Crippen molar-refractivity contribution < 1.29 is 13.9 Å². The van der Waals surface area contributed by atoms with Crippen LogP contribution in [0.4, 0.5) is 0 Å². The molecule has 0 radical (unpaired) electrons. The van der Waals surface area contributed by atoms with Gasteiger partial charge in [0.2, 0.25) is 5.91 Å². The minimum absolute atomic E-state index is 0.0889. The zero-order chi connectivity index (χ0) is 18.2. The molecule has 0 saturated carbocycles. The molecule has 1 rings (SSSR count). The Bertz CT molecular complexity index is 596. The van der Waals surface area contributed by atoms with Crippen molar-refractivity contribution in [2.24, 2.45) is 11.1 Å². The van der Waals surface area contributed by atoms with E-state index in [1.54, 1.807) is 20.0 Å². The summed E-state index contributed by atoms with van der Waals surface area (Å²) >= 11 is 0. The number of hydrogen-bond acceptors (Lipinski definition) is 4. The molecule has 0 aliphatic rings. The molecule has 2 N–H and O–H groups in total. The van der Waals surface area contributed by atoms with Crippen LogP contribution in [0, 0.1) is 5.41 Å². The van der Waals surface area contributed by atoms with Crippen molar-refractivity contribution in [2.45, 2.75) is 53.2 Å². The number of ether oxygens (including phenoxy) is 1. The van der Waals surface area contributed by atoms with Gasteiger partial charge in [0.05, 0.1) is 23.8 Å². The Morgan fingerprint density at radius 2 is 2.12 bits per heavy atom. The van der Waals surface area contributed by atoms with E-state index >= 15 is 0 Å². The monoisotopic (exact) mass is 332 g/mol. The van der Waals surface area contributed by atoms with Crippen molar-refractivity contribution in [1.29, 1.82) is 0 Å². The Hall–Kier alpha value is -2.14. The van der Waals surface area contributed by atoms with E-state index in [0.717, 1.165) is 11.3 Å². The van der Waals surface area contributed by atoms with Crippen LogP contribution >= 0.6 is 0 Å². The third-order valence-corrected chi connectivity index (χ3v) is 3.35. The highest BCUT2D eigenvalue weighted by Gasteiger charge is 2.21. The summed E-state index contributed by atoms with van der Waals surface area (Å²) < 4.78 is 11.1. The van der Waals surface area contributed by atoms with Gasteiger partial charge in [0.25, 0.3) is 0 Å². The molecule has 0 fully saturated rings. The van der Waals surface area contributed by atoms with E-state index in [-0.39, 0.29) is 18.1 Å². The Balaban J connectivity index is 2.69. The molecule has 1 unspecified atom stereocenters. The number of allylic oxidation sites excluding steroid dienone is 4. The molecule has 0 bridgehead atoms. The van der Waals surface area contributed by atoms with Crippen molar-refractivity contribution in [2.75, 3.05) is 0 Å². The predicted molar refractivity (Wildman–Crippen MR) is 95.2 cm³/mol. The molecule has 1 aromatic rings. The maximum Gasteiger partial charge on any atom is 0.226 e. The number of amides is 1. The van der Waals surface area contributed by atoms with Crippen LogP contribution in [0.5, 0.6) is 0 Å². The molecule has 1 aromatic heterocycles. The number of carbonyl (C=O) groups is 1. The normalized spacial score (nSPS) is 14.8. The van der Waals surface area contributed by atoms with E-state index in [0.29, 0.717) is 6.42 Å². The number of carbonyl (C=O) groups excluding carboxylic acids is 1. The van der Waals surface area contributed by atoms with Crippen LogP contribution in [0.25, 0.3) is 0 Å². The van der Waals surface area contributed by atoms with E-state index < -0.39 is 5.41 Å². The van der Waals surface area contributed by atoms with Gasteiger partial charge in [0.1, 0.15) is 5.76 Å². The molecule has 24 heavy (non-hydrogen) atoms. The maximum absolute atomic E-state index is 11.3. The fraction of sp³-hybridized carbons (Fsp3) is 0.474. The lowest BCUT2D eigenvalue weighted by atomic mass is 9.90. The quantitative estimate of drug-likeness (QED) is 0.701. The van der Waals surface area contributed by atoms with E-state index in [1.165, 1.54) is 6.39 Å². The van der Waals surface area contributed by atoms with Crippen LogP contribution < -0.4 is 5.73 Å². The van der Waals surface area contributed by atoms with Crippen molar-refractivity contribution in [3.8, 4) is 0 Å². The highest BCUT2D eigenvalue weighted by molar-refractivity contribution is 5.82. The first-order chi connectivity index (χ1) is 11.2. The van der Waals surface area contributed by atoms with Crippen molar-refractivity contribution in [1.82, 2.24) is 4.98 Å². The van der Waals surface area contributed by atoms with E-state index in [9.17, 15) is 4.79 Å². The van der Waals surface area contributed by atoms with Gasteiger partial charge >= 0.3 is 0 Å². The number of primary amides is 1. The molecule has 1 amide bonds. The molecule has 0 aliphatic carbocycles. The van der Waals surface area contributed by atoms with Crippen LogP contribution in [-0.2, 0) is 16.0 Å². The summed E-state index contributed by atoms with van der Waals surface area (Å²) in [5.74, 6) is 0.441. The summed E-state index contributed by atoms with van der Waals surface area (Å²) in [7, 11) is 0. The molecule has 5 nitrogen and oxygen atoms in total. The summed E-state index contributed by atoms with van der Waals surface area (Å²) in [5.41, 5.74) is 5.68. The highest BCUT2D eigenvalue weighted by atomic mass is 16.5. The Morgan fingerprint density at radius 1 is 1.42 bits per heavy atom. The minimum Gasteiger partial charge on any atom is -0.448 e. The van der Waals surface area contributed by atoms with Crippen LogP contribution in [-0.4, -0.2) is 23.1 Å². The van der Waals surface area contributed by atoms with Crippen LogP contribution in [0.3, 0.4) is 0 Å². The summed E-state index contributed by atoms with van der Waals surface area (Å²) in [6, 6.07) is 0. The lowest BCUT2D eigenvalue weighted by Gasteiger charge is -2.16. The van der Waals surface area contributed by atoms with E-state index in [1.807, 2.05) is 51.2 Å². The van der Waals surface area contributed by atoms with Gasteiger partial charge in [0.15, 0.2) is 6.39 Å². The lowest BCUT2D eigenvalue weighted by molar-refractivity contribution is -0.123. The fourth-order valence-electron chi connectivity index (χ4n) is 2.14. The third kappa shape index (κ3) is 7.42. The van der Waals surface area contributed by atoms with Gasteiger partial charge in [-0.15, -0.1) is 0 Å². The molecule has 0 saturated heterocycles. The van der Waals surface area contributed by atoms with Crippen LogP contribution in [0.15, 0.2) is 53.0 Å². The Morgan fingerprint density at radius 3 is 2.67 bits per heavy atom. The molecular weight excluding hydrogens is 304 g/mol. The van der Waals surface area contributed by atoms with Gasteiger partial charge in [-0.25, -0.2) is 4.98 Å². The molecule has 132 valence electrons. The summed E-state index contributed by atoms with van der Waals surface area (Å²) in [6.45, 7) is 9.52. The smallest absolute Gasteiger partial charge is 0.226 e. The SMILES string of the molecule is CC(/C=C/C=C/C(Cc1cnco1)OC(C)C)=C\C(C)(C)C(N)=O. The summed E-state index contributed by atoms with van der Waals surface area (Å²) in [4.78, 5) is 15.3. The zero-order valence-electron chi connectivity index (χ0n) is 15.2. The van der Waals surface area contributed by atoms with Gasteiger partial charge < -0.3 is 14.9 Å². The van der Waals surface area contributed by atoms with E-state index in [4.69, 9.17) is 14.9 Å². The fourth-order valence-corrected chi connectivity index (χ4v) is 2.14. The van der Waals surface area contributed by atoms with Gasteiger partial charge in [-0.3, -0.25) is 4.79 Å². The highest BCUT2D eigenvalue weighted by Crippen LogP contribution is 2.18. The number of nitrogens with two attached hydrogens (primary N) is 1.